The first-order chi connectivity index (χ1) is 13.0. The summed E-state index contributed by atoms with van der Waals surface area (Å²) in [6.07, 6.45) is 0. The molecule has 0 aliphatic heterocycles. The predicted octanol–water partition coefficient (Wildman–Crippen LogP) is 2.35. The van der Waals surface area contributed by atoms with Gasteiger partial charge in [-0.2, -0.15) is 5.26 Å². The highest BCUT2D eigenvalue weighted by atomic mass is 32.2. The van der Waals surface area contributed by atoms with E-state index < -0.39 is 15.1 Å². The van der Waals surface area contributed by atoms with Crippen molar-refractivity contribution in [2.24, 2.45) is 0 Å². The Kier molecular flexibility index (Phi) is 5.35. The van der Waals surface area contributed by atoms with Gasteiger partial charge in [0.2, 0.25) is 15.7 Å². The van der Waals surface area contributed by atoms with Crippen molar-refractivity contribution >= 4 is 20.9 Å². The van der Waals surface area contributed by atoms with Gasteiger partial charge in [0, 0.05) is 0 Å². The van der Waals surface area contributed by atoms with Crippen molar-refractivity contribution in [2.75, 3.05) is 13.2 Å². The zero-order chi connectivity index (χ0) is 19.4. The maximum atomic E-state index is 13.0. The van der Waals surface area contributed by atoms with Crippen LogP contribution in [-0.2, 0) is 9.84 Å². The Bertz CT molecular complexity index is 1110. The molecule has 0 unspecified atom stereocenters. The molecule has 0 amide bonds. The van der Waals surface area contributed by atoms with E-state index in [1.54, 1.807) is 36.4 Å². The number of sulfone groups is 1. The molecule has 3 aromatic rings. The first-order valence-electron chi connectivity index (χ1n) is 8.18. The van der Waals surface area contributed by atoms with Crippen molar-refractivity contribution in [1.82, 2.24) is 9.97 Å². The lowest BCUT2D eigenvalue weighted by Crippen LogP contribution is -2.17. The van der Waals surface area contributed by atoms with E-state index in [-0.39, 0.29) is 29.7 Å². The van der Waals surface area contributed by atoms with Gasteiger partial charge in [-0.05, 0) is 31.2 Å². The molecule has 1 aromatic heterocycles. The topological polar surface area (TPSA) is 113 Å². The summed E-state index contributed by atoms with van der Waals surface area (Å²) in [5.74, 6) is -0.0787. The zero-order valence-corrected chi connectivity index (χ0v) is 15.3. The van der Waals surface area contributed by atoms with Gasteiger partial charge in [-0.15, -0.1) is 0 Å². The minimum absolute atomic E-state index is 0.0164. The second kappa shape index (κ2) is 7.70. The average Bonchev–Trinajstić information content (AvgIpc) is 2.67. The highest BCUT2D eigenvalue weighted by molar-refractivity contribution is 7.92. The Morgan fingerprint density at radius 1 is 1.11 bits per heavy atom. The van der Waals surface area contributed by atoms with Crippen LogP contribution in [0.25, 0.3) is 11.0 Å². The molecule has 27 heavy (non-hydrogen) atoms. The molecule has 1 N–H and O–H groups in total. The van der Waals surface area contributed by atoms with E-state index in [1.165, 1.54) is 12.1 Å². The molecule has 0 radical (unpaired) electrons. The van der Waals surface area contributed by atoms with Gasteiger partial charge in [0.1, 0.15) is 12.3 Å². The quantitative estimate of drug-likeness (QED) is 0.695. The lowest BCUT2D eigenvalue weighted by Gasteiger charge is -2.15. The van der Waals surface area contributed by atoms with Crippen LogP contribution in [0.1, 0.15) is 16.5 Å². The summed E-state index contributed by atoms with van der Waals surface area (Å²) in [5, 5.41) is 17.1. The molecular formula is C19H17N3O4S. The molecule has 0 saturated carbocycles. The van der Waals surface area contributed by atoms with Crippen molar-refractivity contribution in [1.29, 1.82) is 5.26 Å². The number of benzene rings is 2. The lowest BCUT2D eigenvalue weighted by atomic mass is 10.2. The highest BCUT2D eigenvalue weighted by Gasteiger charge is 2.34. The Hall–Kier alpha value is -3.02. The van der Waals surface area contributed by atoms with Crippen LogP contribution in [0.3, 0.4) is 0 Å². The Morgan fingerprint density at radius 2 is 1.74 bits per heavy atom. The van der Waals surface area contributed by atoms with E-state index in [9.17, 15) is 13.7 Å². The highest BCUT2D eigenvalue weighted by Crippen LogP contribution is 2.33. The average molecular weight is 383 g/mol. The number of nitrogens with zero attached hydrogens (tertiary/aromatic N) is 3. The maximum Gasteiger partial charge on any atom is 0.238 e. The molecule has 3 rings (SSSR count). The minimum atomic E-state index is -4.04. The van der Waals surface area contributed by atoms with Crippen molar-refractivity contribution in [3.8, 4) is 11.9 Å². The number of aliphatic hydroxyl groups excluding tert-OH is 1. The molecule has 138 valence electrons. The summed E-state index contributed by atoms with van der Waals surface area (Å²) < 4.78 is 31.5. The number of nitriles is 1. The number of hydrogen-bond donors (Lipinski definition) is 1. The van der Waals surface area contributed by atoms with Gasteiger partial charge in [0.05, 0.1) is 28.6 Å². The van der Waals surface area contributed by atoms with Gasteiger partial charge in [-0.25, -0.2) is 18.4 Å². The number of fused-ring (bicyclic) bond motifs is 1. The minimum Gasteiger partial charge on any atom is -0.474 e. The Balaban J connectivity index is 2.17. The van der Waals surface area contributed by atoms with Crippen molar-refractivity contribution in [3.05, 3.63) is 59.8 Å². The van der Waals surface area contributed by atoms with E-state index in [4.69, 9.17) is 9.84 Å². The molecule has 7 nitrogen and oxygen atoms in total. The Morgan fingerprint density at radius 3 is 2.33 bits per heavy atom. The number of aromatic nitrogens is 2. The van der Waals surface area contributed by atoms with Crippen molar-refractivity contribution in [2.45, 2.75) is 17.1 Å². The van der Waals surface area contributed by atoms with Crippen LogP contribution in [0.2, 0.25) is 0 Å². The number of para-hydroxylation sites is 2. The fraction of sp³-hybridized carbons (Fsp3) is 0.211. The number of rotatable bonds is 6. The van der Waals surface area contributed by atoms with Gasteiger partial charge >= 0.3 is 0 Å². The molecular weight excluding hydrogens is 366 g/mol. The molecule has 2 aromatic carbocycles. The number of aryl methyl sites for hydroxylation is 1. The number of aliphatic hydroxyl groups is 1. The molecule has 0 aliphatic carbocycles. The van der Waals surface area contributed by atoms with Crippen LogP contribution in [0, 0.1) is 18.3 Å². The smallest absolute Gasteiger partial charge is 0.238 e. The summed E-state index contributed by atoms with van der Waals surface area (Å²) in [6, 6.07) is 14.9. The number of ether oxygens (including phenoxy) is 1. The summed E-state index contributed by atoms with van der Waals surface area (Å²) >= 11 is 0. The van der Waals surface area contributed by atoms with Crippen LogP contribution >= 0.6 is 0 Å². The fourth-order valence-electron chi connectivity index (χ4n) is 2.56. The lowest BCUT2D eigenvalue weighted by molar-refractivity contribution is 0.195. The standard InChI is InChI=1S/C19H17N3O4S/c1-13-6-8-14(9-7-13)27(24,25)17(12-20)18-19(26-11-10-23)22-16-5-3-2-4-15(16)21-18/h2-9,17,23H,10-11H2,1H3/t17-/m1/s1. The van der Waals surface area contributed by atoms with Crippen molar-refractivity contribution in [3.63, 3.8) is 0 Å². The van der Waals surface area contributed by atoms with Crippen LogP contribution in [-0.4, -0.2) is 36.7 Å². The molecule has 8 heteroatoms. The maximum absolute atomic E-state index is 13.0. The van der Waals surface area contributed by atoms with E-state index >= 15 is 0 Å². The van der Waals surface area contributed by atoms with Crippen LogP contribution in [0.4, 0.5) is 0 Å². The third kappa shape index (κ3) is 3.74. The van der Waals surface area contributed by atoms with E-state index in [1.807, 2.05) is 13.0 Å². The van der Waals surface area contributed by atoms with Crippen LogP contribution in [0.5, 0.6) is 5.88 Å². The third-order valence-corrected chi connectivity index (χ3v) is 5.80. The molecule has 0 saturated heterocycles. The first-order valence-corrected chi connectivity index (χ1v) is 9.72. The largest absolute Gasteiger partial charge is 0.474 e. The van der Waals surface area contributed by atoms with E-state index in [0.29, 0.717) is 11.0 Å². The summed E-state index contributed by atoms with van der Waals surface area (Å²) in [5.41, 5.74) is 1.76. The molecule has 1 heterocycles. The summed E-state index contributed by atoms with van der Waals surface area (Å²) in [7, 11) is -4.04. The van der Waals surface area contributed by atoms with Crippen LogP contribution < -0.4 is 4.74 Å². The second-order valence-corrected chi connectivity index (χ2v) is 7.87. The van der Waals surface area contributed by atoms with E-state index in [0.717, 1.165) is 5.56 Å². The second-order valence-electron chi connectivity index (χ2n) is 5.84. The Labute approximate surface area is 156 Å². The van der Waals surface area contributed by atoms with Crippen molar-refractivity contribution < 1.29 is 18.3 Å². The van der Waals surface area contributed by atoms with E-state index in [2.05, 4.69) is 9.97 Å². The summed E-state index contributed by atoms with van der Waals surface area (Å²) in [6.45, 7) is 1.46. The first kappa shape index (κ1) is 18.8. The van der Waals surface area contributed by atoms with Gasteiger partial charge in [0.15, 0.2) is 5.25 Å². The van der Waals surface area contributed by atoms with Crippen LogP contribution in [0.15, 0.2) is 53.4 Å². The third-order valence-electron chi connectivity index (χ3n) is 3.92. The molecule has 0 fully saturated rings. The van der Waals surface area contributed by atoms with Gasteiger partial charge in [0.25, 0.3) is 0 Å². The van der Waals surface area contributed by atoms with Gasteiger partial charge in [-0.1, -0.05) is 29.8 Å². The zero-order valence-electron chi connectivity index (χ0n) is 14.5. The van der Waals surface area contributed by atoms with Gasteiger partial charge < -0.3 is 9.84 Å². The fourth-order valence-corrected chi connectivity index (χ4v) is 3.93. The molecule has 0 spiro atoms. The molecule has 0 bridgehead atoms. The monoisotopic (exact) mass is 383 g/mol. The molecule has 1 atom stereocenters. The summed E-state index contributed by atoms with van der Waals surface area (Å²) in [4.78, 5) is 8.65. The number of hydrogen-bond acceptors (Lipinski definition) is 7. The SMILES string of the molecule is Cc1ccc(S(=O)(=O)[C@H](C#N)c2nc3ccccc3nc2OCCO)cc1. The molecule has 0 aliphatic rings. The normalized spacial score (nSPS) is 12.5. The predicted molar refractivity (Wildman–Crippen MR) is 98.8 cm³/mol. The van der Waals surface area contributed by atoms with Gasteiger partial charge in [-0.3, -0.25) is 0 Å².